The average molecular weight is 314 g/mol. The molecule has 0 fully saturated rings. The molecule has 5 heteroatoms. The molecule has 0 aliphatic carbocycles. The van der Waals surface area contributed by atoms with Gasteiger partial charge in [-0.15, -0.1) is 0 Å². The summed E-state index contributed by atoms with van der Waals surface area (Å²) in [7, 11) is 0. The first-order chi connectivity index (χ1) is 8.40. The van der Waals surface area contributed by atoms with Crippen LogP contribution in [-0.4, -0.2) is 17.7 Å². The van der Waals surface area contributed by atoms with E-state index in [2.05, 4.69) is 22.5 Å². The highest BCUT2D eigenvalue weighted by Gasteiger charge is 2.12. The summed E-state index contributed by atoms with van der Waals surface area (Å²) in [5.41, 5.74) is 7.46. The molecule has 0 saturated heterocycles. The maximum Gasteiger partial charge on any atom is 0.305 e. The minimum atomic E-state index is -0.916. The van der Waals surface area contributed by atoms with Crippen molar-refractivity contribution in [3.63, 3.8) is 0 Å². The van der Waals surface area contributed by atoms with Gasteiger partial charge in [-0.2, -0.15) is 0 Å². The second-order valence-electron chi connectivity index (χ2n) is 4.14. The molecule has 0 aliphatic heterocycles. The molecule has 0 spiro atoms. The summed E-state index contributed by atoms with van der Waals surface area (Å²) in [6, 6.07) is 4.80. The third-order valence-electron chi connectivity index (χ3n) is 2.25. The summed E-state index contributed by atoms with van der Waals surface area (Å²) < 4.78 is 6.26. The Kier molecular flexibility index (Phi) is 5.37. The highest BCUT2D eigenvalue weighted by molar-refractivity contribution is 9.10. The number of rotatable bonds is 6. The SMILES string of the molecule is C=C(C)COc1ccc(C(N)CC(=O)O)cc1Br. The number of aliphatic carboxylic acids is 1. The van der Waals surface area contributed by atoms with Crippen LogP contribution in [0.2, 0.25) is 0 Å². The van der Waals surface area contributed by atoms with Crippen molar-refractivity contribution in [2.75, 3.05) is 6.61 Å². The molecule has 1 rings (SSSR count). The fourth-order valence-corrected chi connectivity index (χ4v) is 1.88. The predicted molar refractivity (Wildman–Crippen MR) is 73.6 cm³/mol. The molecule has 0 radical (unpaired) electrons. The Balaban J connectivity index is 2.78. The van der Waals surface area contributed by atoms with Crippen molar-refractivity contribution >= 4 is 21.9 Å². The Bertz CT molecular complexity index is 460. The lowest BCUT2D eigenvalue weighted by molar-refractivity contribution is -0.137. The second kappa shape index (κ2) is 6.56. The minimum Gasteiger partial charge on any atom is -0.488 e. The lowest BCUT2D eigenvalue weighted by atomic mass is 10.0. The van der Waals surface area contributed by atoms with E-state index in [1.54, 1.807) is 18.2 Å². The van der Waals surface area contributed by atoms with Crippen molar-refractivity contribution in [2.24, 2.45) is 5.73 Å². The zero-order chi connectivity index (χ0) is 13.7. The van der Waals surface area contributed by atoms with Crippen LogP contribution in [0.4, 0.5) is 0 Å². The maximum absolute atomic E-state index is 10.6. The van der Waals surface area contributed by atoms with Crippen molar-refractivity contribution in [3.05, 3.63) is 40.4 Å². The molecule has 0 amide bonds. The van der Waals surface area contributed by atoms with E-state index in [4.69, 9.17) is 15.6 Å². The third-order valence-corrected chi connectivity index (χ3v) is 2.87. The van der Waals surface area contributed by atoms with Crippen LogP contribution in [-0.2, 0) is 4.79 Å². The van der Waals surface area contributed by atoms with Crippen LogP contribution in [0.15, 0.2) is 34.8 Å². The second-order valence-corrected chi connectivity index (χ2v) is 4.99. The van der Waals surface area contributed by atoms with Gasteiger partial charge < -0.3 is 15.6 Å². The first kappa shape index (κ1) is 14.7. The summed E-state index contributed by atoms with van der Waals surface area (Å²) >= 11 is 3.37. The molecule has 3 N–H and O–H groups in total. The Hall–Kier alpha value is -1.33. The molecule has 1 aromatic carbocycles. The fraction of sp³-hybridized carbons (Fsp3) is 0.308. The zero-order valence-electron chi connectivity index (χ0n) is 10.1. The summed E-state index contributed by atoms with van der Waals surface area (Å²) in [5.74, 6) is -0.231. The molecule has 1 unspecified atom stereocenters. The van der Waals surface area contributed by atoms with E-state index >= 15 is 0 Å². The van der Waals surface area contributed by atoms with E-state index in [0.29, 0.717) is 12.4 Å². The van der Waals surface area contributed by atoms with Gasteiger partial charge in [-0.25, -0.2) is 0 Å². The Morgan fingerprint density at radius 1 is 1.61 bits per heavy atom. The van der Waals surface area contributed by atoms with E-state index in [1.165, 1.54) is 0 Å². The van der Waals surface area contributed by atoms with E-state index in [-0.39, 0.29) is 6.42 Å². The number of ether oxygens (including phenoxy) is 1. The summed E-state index contributed by atoms with van der Waals surface area (Å²) in [6.07, 6.45) is -0.0988. The number of hydrogen-bond acceptors (Lipinski definition) is 3. The van der Waals surface area contributed by atoms with Crippen LogP contribution in [0, 0.1) is 0 Å². The molecule has 1 aromatic rings. The van der Waals surface area contributed by atoms with Gasteiger partial charge in [-0.1, -0.05) is 12.6 Å². The van der Waals surface area contributed by atoms with Gasteiger partial charge in [0.1, 0.15) is 12.4 Å². The molecule has 18 heavy (non-hydrogen) atoms. The number of carboxylic acid groups (broad SMARTS) is 1. The first-order valence-corrected chi connectivity index (χ1v) is 6.23. The Morgan fingerprint density at radius 2 is 2.28 bits per heavy atom. The van der Waals surface area contributed by atoms with Gasteiger partial charge in [0.2, 0.25) is 0 Å². The van der Waals surface area contributed by atoms with Crippen molar-refractivity contribution < 1.29 is 14.6 Å². The Labute approximate surface area is 115 Å². The molecule has 0 saturated carbocycles. The van der Waals surface area contributed by atoms with E-state index in [1.807, 2.05) is 6.92 Å². The van der Waals surface area contributed by atoms with Crippen LogP contribution in [0.1, 0.15) is 24.9 Å². The van der Waals surface area contributed by atoms with Crippen LogP contribution >= 0.6 is 15.9 Å². The fourth-order valence-electron chi connectivity index (χ4n) is 1.37. The summed E-state index contributed by atoms with van der Waals surface area (Å²) in [5, 5.41) is 8.69. The lowest BCUT2D eigenvalue weighted by Crippen LogP contribution is -2.15. The van der Waals surface area contributed by atoms with E-state index in [9.17, 15) is 4.79 Å². The van der Waals surface area contributed by atoms with Gasteiger partial charge in [0.25, 0.3) is 0 Å². The molecule has 0 aliphatic rings. The van der Waals surface area contributed by atoms with Gasteiger partial charge in [0.05, 0.1) is 10.9 Å². The molecule has 1 atom stereocenters. The number of benzene rings is 1. The molecular weight excluding hydrogens is 298 g/mol. The van der Waals surface area contributed by atoms with Crippen LogP contribution in [0.25, 0.3) is 0 Å². The third kappa shape index (κ3) is 4.50. The van der Waals surface area contributed by atoms with Crippen molar-refractivity contribution in [2.45, 2.75) is 19.4 Å². The number of carboxylic acids is 1. The Morgan fingerprint density at radius 3 is 2.78 bits per heavy atom. The topological polar surface area (TPSA) is 72.5 Å². The van der Waals surface area contributed by atoms with Crippen LogP contribution in [0.5, 0.6) is 5.75 Å². The van der Waals surface area contributed by atoms with Crippen LogP contribution < -0.4 is 10.5 Å². The van der Waals surface area contributed by atoms with E-state index < -0.39 is 12.0 Å². The monoisotopic (exact) mass is 313 g/mol. The quantitative estimate of drug-likeness (QED) is 0.792. The van der Waals surface area contributed by atoms with Gasteiger partial charge in [-0.05, 0) is 46.1 Å². The number of hydrogen-bond donors (Lipinski definition) is 2. The van der Waals surface area contributed by atoms with Crippen LogP contribution in [0.3, 0.4) is 0 Å². The number of nitrogens with two attached hydrogens (primary N) is 1. The smallest absolute Gasteiger partial charge is 0.305 e. The standard InChI is InChI=1S/C13H16BrNO3/c1-8(2)7-18-12-4-3-9(5-10(12)14)11(15)6-13(16)17/h3-5,11H,1,6-7,15H2,2H3,(H,16,17). The van der Waals surface area contributed by atoms with Gasteiger partial charge in [0, 0.05) is 6.04 Å². The molecule has 0 bridgehead atoms. The predicted octanol–water partition coefficient (Wildman–Crippen LogP) is 2.88. The molecule has 98 valence electrons. The van der Waals surface area contributed by atoms with Crippen molar-refractivity contribution in [3.8, 4) is 5.75 Å². The van der Waals surface area contributed by atoms with Crippen molar-refractivity contribution in [1.29, 1.82) is 0 Å². The summed E-state index contributed by atoms with van der Waals surface area (Å²) in [4.78, 5) is 10.6. The molecular formula is C13H16BrNO3. The highest BCUT2D eigenvalue weighted by atomic mass is 79.9. The maximum atomic E-state index is 10.6. The lowest BCUT2D eigenvalue weighted by Gasteiger charge is -2.13. The van der Waals surface area contributed by atoms with Gasteiger partial charge >= 0.3 is 5.97 Å². The normalized spacial score (nSPS) is 11.9. The zero-order valence-corrected chi connectivity index (χ0v) is 11.7. The van der Waals surface area contributed by atoms with E-state index in [0.717, 1.165) is 15.6 Å². The summed E-state index contributed by atoms with van der Waals surface area (Å²) in [6.45, 7) is 6.08. The minimum absolute atomic E-state index is 0.0988. The molecule has 0 heterocycles. The number of carbonyl (C=O) groups is 1. The van der Waals surface area contributed by atoms with Gasteiger partial charge in [-0.3, -0.25) is 4.79 Å². The van der Waals surface area contributed by atoms with Gasteiger partial charge in [0.15, 0.2) is 0 Å². The highest BCUT2D eigenvalue weighted by Crippen LogP contribution is 2.28. The molecule has 4 nitrogen and oxygen atoms in total. The molecule has 0 aromatic heterocycles. The van der Waals surface area contributed by atoms with Crippen molar-refractivity contribution in [1.82, 2.24) is 0 Å². The largest absolute Gasteiger partial charge is 0.488 e. The first-order valence-electron chi connectivity index (χ1n) is 5.44. The number of halogens is 1. The average Bonchev–Trinajstić information content (AvgIpc) is 2.26.